The summed E-state index contributed by atoms with van der Waals surface area (Å²) in [5.74, 6) is -0.879. The molecule has 3 rings (SSSR count). The van der Waals surface area contributed by atoms with E-state index in [0.717, 1.165) is 0 Å². The van der Waals surface area contributed by atoms with Gasteiger partial charge in [0, 0.05) is 18.4 Å². The van der Waals surface area contributed by atoms with E-state index in [0.29, 0.717) is 11.6 Å². The van der Waals surface area contributed by atoms with E-state index in [1.54, 1.807) is 30.3 Å². The third-order valence-corrected chi connectivity index (χ3v) is 3.98. The smallest absolute Gasteiger partial charge is 0.335 e. The number of rotatable bonds is 2. The zero-order valence-corrected chi connectivity index (χ0v) is 13.1. The summed E-state index contributed by atoms with van der Waals surface area (Å²) in [6, 6.07) is 11.0. The van der Waals surface area contributed by atoms with Gasteiger partial charge in [0.25, 0.3) is 0 Å². The molecule has 4 heteroatoms. The van der Waals surface area contributed by atoms with Crippen LogP contribution in [0.15, 0.2) is 48.8 Å². The first-order valence-corrected chi connectivity index (χ1v) is 7.48. The Morgan fingerprint density at radius 3 is 2.50 bits per heavy atom. The highest BCUT2D eigenvalue weighted by atomic mass is 16.4. The molecule has 1 aromatic carbocycles. The largest absolute Gasteiger partial charge is 0.478 e. The van der Waals surface area contributed by atoms with Crippen LogP contribution in [0.3, 0.4) is 0 Å². The number of carboxylic acids is 1. The Hall–Kier alpha value is -2.20. The number of aryl methyl sites for hydroxylation is 1. The SMILES string of the molecule is Cc1ccncc1[C@@H]1CCCN1C.O=C(O)c1ccccc1. The molecule has 0 spiro atoms. The molecule has 1 aromatic heterocycles. The van der Waals surface area contributed by atoms with Crippen molar-refractivity contribution in [2.24, 2.45) is 0 Å². The Kier molecular flexibility index (Phi) is 5.67. The Morgan fingerprint density at radius 1 is 1.27 bits per heavy atom. The van der Waals surface area contributed by atoms with Gasteiger partial charge in [0.1, 0.15) is 0 Å². The third kappa shape index (κ3) is 4.15. The summed E-state index contributed by atoms with van der Waals surface area (Å²) >= 11 is 0. The van der Waals surface area contributed by atoms with Crippen LogP contribution in [-0.4, -0.2) is 34.6 Å². The van der Waals surface area contributed by atoms with E-state index >= 15 is 0 Å². The minimum atomic E-state index is -0.879. The molecule has 0 aliphatic carbocycles. The number of carbonyl (C=O) groups is 1. The molecular formula is C18H22N2O2. The highest BCUT2D eigenvalue weighted by Gasteiger charge is 2.23. The minimum Gasteiger partial charge on any atom is -0.478 e. The number of carboxylic acid groups (broad SMARTS) is 1. The van der Waals surface area contributed by atoms with Gasteiger partial charge in [-0.2, -0.15) is 0 Å². The predicted molar refractivity (Wildman–Crippen MR) is 87.0 cm³/mol. The number of hydrogen-bond donors (Lipinski definition) is 1. The first-order valence-electron chi connectivity index (χ1n) is 7.48. The second-order valence-electron chi connectivity index (χ2n) is 5.54. The van der Waals surface area contributed by atoms with Crippen LogP contribution >= 0.6 is 0 Å². The Morgan fingerprint density at radius 2 is 2.00 bits per heavy atom. The summed E-state index contributed by atoms with van der Waals surface area (Å²) in [5.41, 5.74) is 3.11. The van der Waals surface area contributed by atoms with Gasteiger partial charge in [-0.15, -0.1) is 0 Å². The molecule has 0 bridgehead atoms. The lowest BCUT2D eigenvalue weighted by Crippen LogP contribution is -2.18. The van der Waals surface area contributed by atoms with E-state index in [1.165, 1.54) is 30.5 Å². The van der Waals surface area contributed by atoms with Crippen molar-refractivity contribution < 1.29 is 9.90 Å². The van der Waals surface area contributed by atoms with Crippen molar-refractivity contribution in [3.63, 3.8) is 0 Å². The molecule has 0 unspecified atom stereocenters. The number of aromatic carboxylic acids is 1. The molecule has 0 saturated carbocycles. The average Bonchev–Trinajstić information content (AvgIpc) is 2.95. The van der Waals surface area contributed by atoms with Crippen LogP contribution in [-0.2, 0) is 0 Å². The van der Waals surface area contributed by atoms with E-state index in [4.69, 9.17) is 5.11 Å². The summed E-state index contributed by atoms with van der Waals surface area (Å²) < 4.78 is 0. The summed E-state index contributed by atoms with van der Waals surface area (Å²) in [6.07, 6.45) is 6.48. The van der Waals surface area contributed by atoms with Gasteiger partial charge in [0.15, 0.2) is 0 Å². The maximum Gasteiger partial charge on any atom is 0.335 e. The van der Waals surface area contributed by atoms with Gasteiger partial charge in [0.05, 0.1) is 5.56 Å². The third-order valence-electron chi connectivity index (χ3n) is 3.98. The van der Waals surface area contributed by atoms with Crippen LogP contribution in [0.1, 0.15) is 40.4 Å². The average molecular weight is 298 g/mol. The van der Waals surface area contributed by atoms with Crippen LogP contribution in [0.2, 0.25) is 0 Å². The van der Waals surface area contributed by atoms with E-state index in [2.05, 4.69) is 29.9 Å². The molecule has 1 saturated heterocycles. The number of hydrogen-bond acceptors (Lipinski definition) is 3. The molecule has 2 heterocycles. The van der Waals surface area contributed by atoms with Crippen LogP contribution in [0.25, 0.3) is 0 Å². The van der Waals surface area contributed by atoms with Gasteiger partial charge < -0.3 is 5.11 Å². The van der Waals surface area contributed by atoms with Crippen molar-refractivity contribution in [1.82, 2.24) is 9.88 Å². The standard InChI is InChI=1S/C11H16N2.C7H6O2/c1-9-5-6-12-8-10(9)11-4-3-7-13(11)2;8-7(9)6-4-2-1-3-5-6/h5-6,8,11H,3-4,7H2,1-2H3;1-5H,(H,8,9)/t11-;/m0./s1. The molecule has 2 aromatic rings. The van der Waals surface area contributed by atoms with Crippen molar-refractivity contribution in [3.8, 4) is 0 Å². The lowest BCUT2D eigenvalue weighted by Gasteiger charge is -2.20. The monoisotopic (exact) mass is 298 g/mol. The van der Waals surface area contributed by atoms with Gasteiger partial charge in [-0.05, 0) is 62.7 Å². The molecule has 1 aliphatic rings. The molecular weight excluding hydrogens is 276 g/mol. The van der Waals surface area contributed by atoms with Crippen molar-refractivity contribution in [2.75, 3.05) is 13.6 Å². The number of likely N-dealkylation sites (tertiary alicyclic amines) is 1. The molecule has 1 fully saturated rings. The molecule has 4 nitrogen and oxygen atoms in total. The summed E-state index contributed by atoms with van der Waals surface area (Å²) in [7, 11) is 2.20. The van der Waals surface area contributed by atoms with E-state index in [1.807, 2.05) is 12.4 Å². The Bertz CT molecular complexity index is 613. The first-order chi connectivity index (χ1) is 10.6. The normalized spacial score (nSPS) is 17.6. The molecule has 0 amide bonds. The van der Waals surface area contributed by atoms with E-state index in [9.17, 15) is 4.79 Å². The van der Waals surface area contributed by atoms with Gasteiger partial charge in [-0.25, -0.2) is 4.79 Å². The quantitative estimate of drug-likeness (QED) is 0.921. The predicted octanol–water partition coefficient (Wildman–Crippen LogP) is 3.54. The molecule has 1 atom stereocenters. The van der Waals surface area contributed by atoms with Crippen molar-refractivity contribution >= 4 is 5.97 Å². The fraction of sp³-hybridized carbons (Fsp3) is 0.333. The zero-order chi connectivity index (χ0) is 15.9. The lowest BCUT2D eigenvalue weighted by molar-refractivity contribution is 0.0697. The first kappa shape index (κ1) is 16.2. The number of aromatic nitrogens is 1. The fourth-order valence-corrected chi connectivity index (χ4v) is 2.71. The van der Waals surface area contributed by atoms with Crippen LogP contribution < -0.4 is 0 Å². The van der Waals surface area contributed by atoms with Gasteiger partial charge in [-0.1, -0.05) is 18.2 Å². The highest BCUT2D eigenvalue weighted by molar-refractivity contribution is 5.87. The van der Waals surface area contributed by atoms with Crippen LogP contribution in [0.4, 0.5) is 0 Å². The summed E-state index contributed by atoms with van der Waals surface area (Å²) in [6.45, 7) is 3.39. The second kappa shape index (κ2) is 7.71. The van der Waals surface area contributed by atoms with E-state index in [-0.39, 0.29) is 0 Å². The number of nitrogens with zero attached hydrogens (tertiary/aromatic N) is 2. The van der Waals surface area contributed by atoms with Gasteiger partial charge in [-0.3, -0.25) is 9.88 Å². The number of benzene rings is 1. The lowest BCUT2D eigenvalue weighted by atomic mass is 10.0. The van der Waals surface area contributed by atoms with Gasteiger partial charge in [0.2, 0.25) is 0 Å². The maximum atomic E-state index is 10.2. The fourth-order valence-electron chi connectivity index (χ4n) is 2.71. The van der Waals surface area contributed by atoms with Gasteiger partial charge >= 0.3 is 5.97 Å². The highest BCUT2D eigenvalue weighted by Crippen LogP contribution is 2.31. The summed E-state index contributed by atoms with van der Waals surface area (Å²) in [5, 5.41) is 8.38. The molecule has 1 aliphatic heterocycles. The second-order valence-corrected chi connectivity index (χ2v) is 5.54. The van der Waals surface area contributed by atoms with Crippen molar-refractivity contribution in [1.29, 1.82) is 0 Å². The molecule has 1 N–H and O–H groups in total. The summed E-state index contributed by atoms with van der Waals surface area (Å²) in [4.78, 5) is 16.8. The van der Waals surface area contributed by atoms with Crippen molar-refractivity contribution in [3.05, 3.63) is 65.5 Å². The topological polar surface area (TPSA) is 53.4 Å². The Balaban J connectivity index is 0.000000172. The zero-order valence-electron chi connectivity index (χ0n) is 13.1. The van der Waals surface area contributed by atoms with Crippen molar-refractivity contribution in [2.45, 2.75) is 25.8 Å². The van der Waals surface area contributed by atoms with Crippen LogP contribution in [0, 0.1) is 6.92 Å². The number of pyridine rings is 1. The maximum absolute atomic E-state index is 10.2. The van der Waals surface area contributed by atoms with Crippen LogP contribution in [0.5, 0.6) is 0 Å². The molecule has 116 valence electrons. The molecule has 22 heavy (non-hydrogen) atoms. The minimum absolute atomic E-state index is 0.331. The van der Waals surface area contributed by atoms with E-state index < -0.39 is 5.97 Å². The Labute approximate surface area is 131 Å². The molecule has 0 radical (unpaired) electrons.